The summed E-state index contributed by atoms with van der Waals surface area (Å²) in [7, 11) is 0. The van der Waals surface area contributed by atoms with Gasteiger partial charge in [0, 0.05) is 19.3 Å². The summed E-state index contributed by atoms with van der Waals surface area (Å²) in [6.07, 6.45) is 13.1. The van der Waals surface area contributed by atoms with E-state index in [4.69, 9.17) is 0 Å². The van der Waals surface area contributed by atoms with Gasteiger partial charge in [-0.3, -0.25) is 0 Å². The Hall–Kier alpha value is -1.65. The summed E-state index contributed by atoms with van der Waals surface area (Å²) in [5.74, 6) is 18.5. The molecule has 0 unspecified atom stereocenters. The minimum absolute atomic E-state index is 0.655. The van der Waals surface area contributed by atoms with Crippen LogP contribution in [0, 0.1) is 35.5 Å². The number of rotatable bonds is 9. The van der Waals surface area contributed by atoms with Crippen molar-refractivity contribution in [2.24, 2.45) is 0 Å². The van der Waals surface area contributed by atoms with Crippen molar-refractivity contribution in [3.8, 4) is 35.5 Å². The molecule has 0 aromatic heterocycles. The summed E-state index contributed by atoms with van der Waals surface area (Å²) in [5, 5.41) is 0. The zero-order valence-electron chi connectivity index (χ0n) is 13.5. The Morgan fingerprint density at radius 1 is 0.667 bits per heavy atom. The molecule has 0 N–H and O–H groups in total. The predicted octanol–water partition coefficient (Wildman–Crippen LogP) is 4.90. The van der Waals surface area contributed by atoms with Crippen molar-refractivity contribution in [3.05, 3.63) is 0 Å². The first-order valence-electron chi connectivity index (χ1n) is 8.22. The minimum Gasteiger partial charge on any atom is -0.303 e. The lowest BCUT2D eigenvalue weighted by Crippen LogP contribution is -1.79. The summed E-state index contributed by atoms with van der Waals surface area (Å²) >= 11 is 0. The molecule has 1 heteroatoms. The topological polar surface area (TPSA) is 17.1 Å². The average Bonchev–Trinajstić information content (AvgIpc) is 2.50. The monoisotopic (exact) mass is 284 g/mol. The number of hydrogen-bond acceptors (Lipinski definition) is 1. The highest BCUT2D eigenvalue weighted by Crippen LogP contribution is 2.03. The molecule has 0 aromatic carbocycles. The van der Waals surface area contributed by atoms with Crippen LogP contribution in [0.2, 0.25) is 0 Å². The van der Waals surface area contributed by atoms with Gasteiger partial charge in [-0.1, -0.05) is 56.3 Å². The maximum atomic E-state index is 10.1. The smallest absolute Gasteiger partial charge is 0.119 e. The van der Waals surface area contributed by atoms with E-state index in [-0.39, 0.29) is 0 Å². The fraction of sp³-hybridized carbons (Fsp3) is 0.650. The van der Waals surface area contributed by atoms with Crippen LogP contribution in [0.3, 0.4) is 0 Å². The Morgan fingerprint density at radius 3 is 1.76 bits per heavy atom. The van der Waals surface area contributed by atoms with Crippen LogP contribution in [0.5, 0.6) is 0 Å². The van der Waals surface area contributed by atoms with Gasteiger partial charge < -0.3 is 4.79 Å². The van der Waals surface area contributed by atoms with Crippen molar-refractivity contribution in [2.45, 2.75) is 84.0 Å². The molecular weight excluding hydrogens is 256 g/mol. The molecule has 0 aliphatic rings. The first kappa shape index (κ1) is 19.4. The standard InChI is InChI=1S/C20H28O/c1-2-3-4-5-6-7-8-9-10-11-12-13-14-15-16-17-18-19-20-21/h20H,2-5,8,11,14-19H2,1H3. The molecule has 0 spiro atoms. The van der Waals surface area contributed by atoms with Crippen molar-refractivity contribution in [2.75, 3.05) is 0 Å². The second kappa shape index (κ2) is 18.4. The van der Waals surface area contributed by atoms with E-state index in [9.17, 15) is 4.79 Å². The zero-order valence-corrected chi connectivity index (χ0v) is 13.5. The zero-order chi connectivity index (χ0) is 15.4. The molecule has 0 rings (SSSR count). The molecule has 0 aliphatic carbocycles. The van der Waals surface area contributed by atoms with Crippen LogP contribution in [-0.4, -0.2) is 6.29 Å². The number of carbonyl (C=O) groups excluding carboxylic acids is 1. The Morgan fingerprint density at radius 2 is 1.19 bits per heavy atom. The molecule has 0 radical (unpaired) electrons. The lowest BCUT2D eigenvalue weighted by atomic mass is 10.1. The molecule has 1 nitrogen and oxygen atoms in total. The van der Waals surface area contributed by atoms with E-state index >= 15 is 0 Å². The van der Waals surface area contributed by atoms with Crippen LogP contribution in [-0.2, 0) is 4.79 Å². The fourth-order valence-corrected chi connectivity index (χ4v) is 1.77. The first-order valence-corrected chi connectivity index (χ1v) is 8.22. The van der Waals surface area contributed by atoms with Gasteiger partial charge in [0.15, 0.2) is 0 Å². The largest absolute Gasteiger partial charge is 0.303 e. The van der Waals surface area contributed by atoms with Gasteiger partial charge in [-0.05, 0) is 19.3 Å². The molecule has 0 bridgehead atoms. The van der Waals surface area contributed by atoms with Crippen molar-refractivity contribution < 1.29 is 4.79 Å². The van der Waals surface area contributed by atoms with Crippen LogP contribution in [0.4, 0.5) is 0 Å². The van der Waals surface area contributed by atoms with E-state index in [1.54, 1.807) is 0 Å². The fourth-order valence-electron chi connectivity index (χ4n) is 1.77. The summed E-state index contributed by atoms with van der Waals surface area (Å²) in [4.78, 5) is 10.1. The molecule has 0 heterocycles. The van der Waals surface area contributed by atoms with Gasteiger partial charge in [-0.2, -0.15) is 0 Å². The number of aldehydes is 1. The molecular formula is C20H28O. The lowest BCUT2D eigenvalue weighted by molar-refractivity contribution is -0.107. The second-order valence-electron chi connectivity index (χ2n) is 4.99. The van der Waals surface area contributed by atoms with Gasteiger partial charge in [0.25, 0.3) is 0 Å². The average molecular weight is 284 g/mol. The van der Waals surface area contributed by atoms with Gasteiger partial charge in [0.2, 0.25) is 0 Å². The molecule has 0 fully saturated rings. The summed E-state index contributed by atoms with van der Waals surface area (Å²) in [6.45, 7) is 2.20. The van der Waals surface area contributed by atoms with Crippen molar-refractivity contribution in [3.63, 3.8) is 0 Å². The third-order valence-corrected chi connectivity index (χ3v) is 3.01. The van der Waals surface area contributed by atoms with Crippen LogP contribution in [0.1, 0.15) is 84.0 Å². The highest BCUT2D eigenvalue weighted by atomic mass is 16.1. The summed E-state index contributed by atoms with van der Waals surface area (Å²) in [6, 6.07) is 0. The molecule has 0 aliphatic heterocycles. The number of unbranched alkanes of at least 4 members (excludes halogenated alkanes) is 8. The van der Waals surface area contributed by atoms with Crippen LogP contribution >= 0.6 is 0 Å². The van der Waals surface area contributed by atoms with E-state index in [1.165, 1.54) is 25.7 Å². The lowest BCUT2D eigenvalue weighted by Gasteiger charge is -1.93. The van der Waals surface area contributed by atoms with E-state index < -0.39 is 0 Å². The van der Waals surface area contributed by atoms with E-state index in [0.717, 1.165) is 38.4 Å². The highest BCUT2D eigenvalue weighted by molar-refractivity contribution is 5.48. The second-order valence-corrected chi connectivity index (χ2v) is 4.99. The summed E-state index contributed by atoms with van der Waals surface area (Å²) < 4.78 is 0. The van der Waals surface area contributed by atoms with Crippen molar-refractivity contribution >= 4 is 6.29 Å². The minimum atomic E-state index is 0.655. The first-order chi connectivity index (χ1) is 10.4. The Bertz CT molecular complexity index is 414. The van der Waals surface area contributed by atoms with E-state index in [2.05, 4.69) is 42.4 Å². The van der Waals surface area contributed by atoms with Gasteiger partial charge >= 0.3 is 0 Å². The van der Waals surface area contributed by atoms with Crippen LogP contribution in [0.25, 0.3) is 0 Å². The highest BCUT2D eigenvalue weighted by Gasteiger charge is 1.87. The van der Waals surface area contributed by atoms with Gasteiger partial charge in [0.1, 0.15) is 6.29 Å². The van der Waals surface area contributed by atoms with E-state index in [0.29, 0.717) is 19.3 Å². The SMILES string of the molecule is CCCCCC#CCC#CCC#CCCCCCCC=O. The van der Waals surface area contributed by atoms with Gasteiger partial charge in [-0.25, -0.2) is 0 Å². The summed E-state index contributed by atoms with van der Waals surface area (Å²) in [5.41, 5.74) is 0. The number of carbonyl (C=O) groups is 1. The third-order valence-electron chi connectivity index (χ3n) is 3.01. The molecule has 0 saturated heterocycles. The van der Waals surface area contributed by atoms with Crippen LogP contribution < -0.4 is 0 Å². The molecule has 0 amide bonds. The quantitative estimate of drug-likeness (QED) is 0.334. The molecule has 21 heavy (non-hydrogen) atoms. The third kappa shape index (κ3) is 18.4. The maximum Gasteiger partial charge on any atom is 0.119 e. The van der Waals surface area contributed by atoms with Crippen LogP contribution in [0.15, 0.2) is 0 Å². The van der Waals surface area contributed by atoms with Crippen molar-refractivity contribution in [1.82, 2.24) is 0 Å². The molecule has 0 atom stereocenters. The molecule has 0 aromatic rings. The number of hydrogen-bond donors (Lipinski definition) is 0. The van der Waals surface area contributed by atoms with Gasteiger partial charge in [-0.15, -0.1) is 11.8 Å². The Balaban J connectivity index is 3.40. The van der Waals surface area contributed by atoms with Gasteiger partial charge in [0.05, 0.1) is 12.8 Å². The predicted molar refractivity (Wildman–Crippen MR) is 90.5 cm³/mol. The molecule has 114 valence electrons. The normalized spacial score (nSPS) is 8.62. The Labute approximate surface area is 131 Å². The Kier molecular flexibility index (Phi) is 16.9. The maximum absolute atomic E-state index is 10.1. The van der Waals surface area contributed by atoms with E-state index in [1.807, 2.05) is 0 Å². The van der Waals surface area contributed by atoms with Crippen molar-refractivity contribution in [1.29, 1.82) is 0 Å². The molecule has 0 saturated carbocycles.